The van der Waals surface area contributed by atoms with Crippen molar-refractivity contribution >= 4 is 50.8 Å². The van der Waals surface area contributed by atoms with Gasteiger partial charge in [0.25, 0.3) is 0 Å². The highest BCUT2D eigenvalue weighted by Gasteiger charge is 2.10. The van der Waals surface area contributed by atoms with E-state index in [9.17, 15) is 4.79 Å². The monoisotopic (exact) mass is 384 g/mol. The van der Waals surface area contributed by atoms with Crippen LogP contribution in [0.5, 0.6) is 0 Å². The Morgan fingerprint density at radius 2 is 2.12 bits per heavy atom. The van der Waals surface area contributed by atoms with Gasteiger partial charge in [-0.15, -0.1) is 11.3 Å². The van der Waals surface area contributed by atoms with Crippen LogP contribution in [0.3, 0.4) is 0 Å². The number of carbonyl (C=O) groups excluding carboxylic acids is 1. The van der Waals surface area contributed by atoms with Gasteiger partial charge in [0, 0.05) is 17.9 Å². The van der Waals surface area contributed by atoms with Crippen molar-refractivity contribution in [2.24, 2.45) is 0 Å². The summed E-state index contributed by atoms with van der Waals surface area (Å²) in [5.74, 6) is 1.27. The zero-order valence-electron chi connectivity index (χ0n) is 14.1. The summed E-state index contributed by atoms with van der Waals surface area (Å²) < 4.78 is 4.64. The van der Waals surface area contributed by atoms with E-state index in [0.717, 1.165) is 27.5 Å². The topological polar surface area (TPSA) is 87.9 Å². The number of thiophene rings is 1. The average Bonchev–Trinajstić information content (AvgIpc) is 3.14. The van der Waals surface area contributed by atoms with Crippen LogP contribution < -0.4 is 5.32 Å². The quantitative estimate of drug-likeness (QED) is 0.280. The Hall–Kier alpha value is -2.63. The molecule has 0 bridgehead atoms. The summed E-state index contributed by atoms with van der Waals surface area (Å²) >= 11 is 3.07. The Kier molecular flexibility index (Phi) is 6.04. The fourth-order valence-electron chi connectivity index (χ4n) is 2.24. The number of esters is 1. The van der Waals surface area contributed by atoms with Crippen molar-refractivity contribution < 1.29 is 9.53 Å². The van der Waals surface area contributed by atoms with E-state index >= 15 is 0 Å². The molecule has 26 heavy (non-hydrogen) atoms. The number of benzene rings is 1. The predicted molar refractivity (Wildman–Crippen MR) is 104 cm³/mol. The first-order chi connectivity index (χ1) is 12.7. The smallest absolute Gasteiger partial charge is 0.305 e. The molecule has 0 aliphatic heterocycles. The standard InChI is InChI=1S/C18H16N4O2S2/c1-24-15(23)3-2-9-26-18-21-16(14-8-10-25-17(14)22-18)20-13-6-4-12(11-19)5-7-13/h4-8,10H,2-3,9H2,1H3,(H,20,21,22). The molecule has 3 rings (SSSR count). The number of ether oxygens (including phenoxy) is 1. The summed E-state index contributed by atoms with van der Waals surface area (Å²) in [6, 6.07) is 11.3. The first-order valence-electron chi connectivity index (χ1n) is 7.91. The number of hydrogen-bond acceptors (Lipinski definition) is 8. The molecule has 1 aromatic carbocycles. The van der Waals surface area contributed by atoms with E-state index in [-0.39, 0.29) is 5.97 Å². The number of aromatic nitrogens is 2. The van der Waals surface area contributed by atoms with Crippen molar-refractivity contribution in [3.63, 3.8) is 0 Å². The Labute approximate surface area is 159 Å². The minimum absolute atomic E-state index is 0.205. The molecule has 0 fully saturated rings. The van der Waals surface area contributed by atoms with Crippen LogP contribution in [-0.2, 0) is 9.53 Å². The fraction of sp³-hybridized carbons (Fsp3) is 0.222. The van der Waals surface area contributed by atoms with Crippen molar-refractivity contribution in [1.82, 2.24) is 9.97 Å². The molecule has 0 saturated heterocycles. The van der Waals surface area contributed by atoms with Gasteiger partial charge in [-0.2, -0.15) is 5.26 Å². The van der Waals surface area contributed by atoms with E-state index in [1.807, 2.05) is 23.6 Å². The SMILES string of the molecule is COC(=O)CCCSc1nc(Nc2ccc(C#N)cc2)c2ccsc2n1. The lowest BCUT2D eigenvalue weighted by Crippen LogP contribution is -2.01. The van der Waals surface area contributed by atoms with Crippen LogP contribution in [0.4, 0.5) is 11.5 Å². The summed E-state index contributed by atoms with van der Waals surface area (Å²) in [5, 5.41) is 15.8. The highest BCUT2D eigenvalue weighted by atomic mass is 32.2. The Balaban J connectivity index is 1.75. The van der Waals surface area contributed by atoms with Gasteiger partial charge in [-0.25, -0.2) is 9.97 Å². The van der Waals surface area contributed by atoms with Gasteiger partial charge in [-0.3, -0.25) is 4.79 Å². The third-order valence-corrected chi connectivity index (χ3v) is 5.31. The molecule has 0 unspecified atom stereocenters. The van der Waals surface area contributed by atoms with Crippen LogP contribution in [-0.4, -0.2) is 28.8 Å². The third-order valence-electron chi connectivity index (χ3n) is 3.57. The van der Waals surface area contributed by atoms with Crippen LogP contribution in [0.25, 0.3) is 10.2 Å². The average molecular weight is 384 g/mol. The number of nitrogens with one attached hydrogen (secondary N) is 1. The highest BCUT2D eigenvalue weighted by molar-refractivity contribution is 7.99. The van der Waals surface area contributed by atoms with Crippen LogP contribution in [0.1, 0.15) is 18.4 Å². The number of carbonyl (C=O) groups is 1. The number of nitriles is 1. The van der Waals surface area contributed by atoms with Gasteiger partial charge in [-0.05, 0) is 42.1 Å². The Morgan fingerprint density at radius 3 is 2.85 bits per heavy atom. The Bertz CT molecular complexity index is 948. The van der Waals surface area contributed by atoms with Gasteiger partial charge in [0.15, 0.2) is 5.16 Å². The van der Waals surface area contributed by atoms with Gasteiger partial charge >= 0.3 is 5.97 Å². The molecule has 8 heteroatoms. The van der Waals surface area contributed by atoms with Gasteiger partial charge in [-0.1, -0.05) is 11.8 Å². The van der Waals surface area contributed by atoms with E-state index in [1.165, 1.54) is 18.9 Å². The second-order valence-corrected chi connectivity index (χ2v) is 7.29. The summed E-state index contributed by atoms with van der Waals surface area (Å²) in [6.45, 7) is 0. The zero-order valence-corrected chi connectivity index (χ0v) is 15.7. The number of methoxy groups -OCH3 is 1. The Morgan fingerprint density at radius 1 is 1.31 bits per heavy atom. The first-order valence-corrected chi connectivity index (χ1v) is 9.78. The van der Waals surface area contributed by atoms with E-state index in [0.29, 0.717) is 23.6 Å². The maximum Gasteiger partial charge on any atom is 0.305 e. The molecule has 132 valence electrons. The number of hydrogen-bond donors (Lipinski definition) is 1. The molecule has 0 atom stereocenters. The molecule has 0 amide bonds. The van der Waals surface area contributed by atoms with Crippen molar-refractivity contribution in [3.8, 4) is 6.07 Å². The summed E-state index contributed by atoms with van der Waals surface area (Å²) in [4.78, 5) is 21.3. The maximum atomic E-state index is 11.2. The zero-order chi connectivity index (χ0) is 18.4. The molecule has 2 heterocycles. The van der Waals surface area contributed by atoms with Crippen LogP contribution >= 0.6 is 23.1 Å². The number of rotatable bonds is 7. The van der Waals surface area contributed by atoms with Crippen molar-refractivity contribution in [1.29, 1.82) is 5.26 Å². The molecule has 3 aromatic rings. The van der Waals surface area contributed by atoms with Gasteiger partial charge in [0.2, 0.25) is 0 Å². The van der Waals surface area contributed by atoms with Crippen molar-refractivity contribution in [2.45, 2.75) is 18.0 Å². The van der Waals surface area contributed by atoms with E-state index < -0.39 is 0 Å². The highest BCUT2D eigenvalue weighted by Crippen LogP contribution is 2.30. The van der Waals surface area contributed by atoms with Crippen LogP contribution in [0.15, 0.2) is 40.9 Å². The number of fused-ring (bicyclic) bond motifs is 1. The molecular weight excluding hydrogens is 368 g/mol. The largest absolute Gasteiger partial charge is 0.469 e. The second-order valence-electron chi connectivity index (χ2n) is 5.34. The fourth-order valence-corrected chi connectivity index (χ4v) is 3.85. The molecule has 0 saturated carbocycles. The number of anilines is 2. The van der Waals surface area contributed by atoms with Crippen molar-refractivity contribution in [2.75, 3.05) is 18.2 Å². The molecule has 0 aliphatic carbocycles. The van der Waals surface area contributed by atoms with Crippen molar-refractivity contribution in [3.05, 3.63) is 41.3 Å². The number of thioether (sulfide) groups is 1. The molecule has 0 aliphatic rings. The van der Waals surface area contributed by atoms with E-state index in [4.69, 9.17) is 5.26 Å². The van der Waals surface area contributed by atoms with Gasteiger partial charge < -0.3 is 10.1 Å². The lowest BCUT2D eigenvalue weighted by Gasteiger charge is -2.09. The molecule has 0 spiro atoms. The van der Waals surface area contributed by atoms with E-state index in [1.54, 1.807) is 23.5 Å². The second kappa shape index (κ2) is 8.65. The van der Waals surface area contributed by atoms with Gasteiger partial charge in [0.1, 0.15) is 10.6 Å². The summed E-state index contributed by atoms with van der Waals surface area (Å²) in [7, 11) is 1.39. The maximum absolute atomic E-state index is 11.2. The lowest BCUT2D eigenvalue weighted by molar-refractivity contribution is -0.140. The molecule has 2 aromatic heterocycles. The molecular formula is C18H16N4O2S2. The molecule has 0 radical (unpaired) electrons. The molecule has 1 N–H and O–H groups in total. The predicted octanol–water partition coefficient (Wildman–Crippen LogP) is 4.35. The summed E-state index contributed by atoms with van der Waals surface area (Å²) in [5.41, 5.74) is 1.47. The van der Waals surface area contributed by atoms with Crippen LogP contribution in [0.2, 0.25) is 0 Å². The molecule has 6 nitrogen and oxygen atoms in total. The van der Waals surface area contributed by atoms with E-state index in [2.05, 4.69) is 26.1 Å². The third kappa shape index (κ3) is 4.50. The van der Waals surface area contributed by atoms with Gasteiger partial charge in [0.05, 0.1) is 24.1 Å². The normalized spacial score (nSPS) is 10.5. The summed E-state index contributed by atoms with van der Waals surface area (Å²) in [6.07, 6.45) is 1.10. The minimum Gasteiger partial charge on any atom is -0.469 e. The minimum atomic E-state index is -0.205. The van der Waals surface area contributed by atoms with Crippen LogP contribution in [0, 0.1) is 11.3 Å². The first kappa shape index (κ1) is 18.2. The number of nitrogens with zero attached hydrogens (tertiary/aromatic N) is 3. The lowest BCUT2D eigenvalue weighted by atomic mass is 10.2.